The maximum atomic E-state index is 14.3. The highest BCUT2D eigenvalue weighted by atomic mass is 16.5. The fourth-order valence-electron chi connectivity index (χ4n) is 7.91. The number of phenolic OH excluding ortho intramolecular Hbond substituents is 2. The van der Waals surface area contributed by atoms with Crippen molar-refractivity contribution >= 4 is 17.5 Å². The molecule has 2 heterocycles. The van der Waals surface area contributed by atoms with Gasteiger partial charge in [-0.05, 0) is 108 Å². The predicted molar refractivity (Wildman–Crippen MR) is 259 cm³/mol. The van der Waals surface area contributed by atoms with E-state index >= 15 is 0 Å². The molecule has 16 nitrogen and oxygen atoms in total. The van der Waals surface area contributed by atoms with Crippen molar-refractivity contribution in [3.8, 4) is 85.5 Å². The Balaban J connectivity index is 0.986. The number of ether oxygens (including phenoxy) is 5. The topological polar surface area (TPSA) is 202 Å². The minimum atomic E-state index is -1.00. The van der Waals surface area contributed by atoms with Gasteiger partial charge in [-0.2, -0.15) is 0 Å². The van der Waals surface area contributed by atoms with Crippen molar-refractivity contribution < 1.29 is 48.0 Å². The third kappa shape index (κ3) is 10.00. The van der Waals surface area contributed by atoms with Crippen LogP contribution in [0.4, 0.5) is 5.69 Å². The molecule has 4 N–H and O–H groups in total. The highest BCUT2D eigenvalue weighted by Gasteiger charge is 2.26. The van der Waals surface area contributed by atoms with E-state index in [1.165, 1.54) is 34.5 Å². The zero-order chi connectivity index (χ0) is 48.8. The first kappa shape index (κ1) is 46.7. The van der Waals surface area contributed by atoms with Crippen molar-refractivity contribution in [2.75, 3.05) is 33.8 Å². The van der Waals surface area contributed by atoms with Crippen molar-refractivity contribution in [2.45, 2.75) is 39.2 Å². The number of methoxy groups -OCH3 is 4. The Bertz CT molecular complexity index is 3090. The van der Waals surface area contributed by atoms with E-state index in [1.54, 1.807) is 77.5 Å². The van der Waals surface area contributed by atoms with Crippen LogP contribution in [0.5, 0.6) is 46.0 Å². The zero-order valence-corrected chi connectivity index (χ0v) is 38.9. The van der Waals surface area contributed by atoms with Gasteiger partial charge in [0.15, 0.2) is 23.1 Å². The number of nitrogens with one attached hydrogen (secondary N) is 2. The monoisotopic (exact) mass is 930 g/mol. The number of carbonyl (C=O) groups is 2. The van der Waals surface area contributed by atoms with Crippen LogP contribution in [0.15, 0.2) is 132 Å². The molecule has 8 rings (SSSR count). The Morgan fingerprint density at radius 3 is 2.01 bits per heavy atom. The number of anilines is 1. The Kier molecular flexibility index (Phi) is 13.8. The van der Waals surface area contributed by atoms with Crippen molar-refractivity contribution in [3.63, 3.8) is 0 Å². The van der Waals surface area contributed by atoms with E-state index in [4.69, 9.17) is 28.2 Å². The van der Waals surface area contributed by atoms with Crippen LogP contribution in [0, 0.1) is 6.92 Å². The van der Waals surface area contributed by atoms with Crippen molar-refractivity contribution in [3.05, 3.63) is 150 Å². The van der Waals surface area contributed by atoms with Gasteiger partial charge in [-0.3, -0.25) is 14.2 Å². The summed E-state index contributed by atoms with van der Waals surface area (Å²) >= 11 is 0. The quantitative estimate of drug-likeness (QED) is 0.0673. The number of nitrogens with zero attached hydrogens (tertiary/aromatic N) is 4. The maximum Gasteiger partial charge on any atom is 0.251 e. The summed E-state index contributed by atoms with van der Waals surface area (Å²) in [4.78, 5) is 28.1. The lowest BCUT2D eigenvalue weighted by Gasteiger charge is -2.20. The van der Waals surface area contributed by atoms with Crippen LogP contribution in [0.1, 0.15) is 47.1 Å². The van der Waals surface area contributed by atoms with Crippen LogP contribution in [0.25, 0.3) is 39.5 Å². The average Bonchev–Trinajstić information content (AvgIpc) is 4.01. The number of amides is 2. The number of aromatic hydroxyl groups is 2. The Morgan fingerprint density at radius 1 is 0.710 bits per heavy atom. The van der Waals surface area contributed by atoms with E-state index in [1.807, 2.05) is 69.3 Å². The molecule has 0 saturated heterocycles. The molecule has 0 bridgehead atoms. The first-order valence-electron chi connectivity index (χ1n) is 21.8. The third-order valence-electron chi connectivity index (χ3n) is 11.5. The van der Waals surface area contributed by atoms with E-state index in [0.717, 1.165) is 11.3 Å². The molecule has 8 aromatic rings. The Hall–Kier alpha value is -8.79. The molecule has 6 aromatic carbocycles. The predicted octanol–water partition coefficient (Wildman–Crippen LogP) is 9.91. The second kappa shape index (κ2) is 20.4. The number of rotatable bonds is 17. The molecule has 0 spiro atoms. The molecule has 1 atom stereocenters. The molecule has 0 aliphatic rings. The maximum absolute atomic E-state index is 14.3. The molecule has 0 saturated carbocycles. The summed E-state index contributed by atoms with van der Waals surface area (Å²) in [7, 11) is 6.08. The highest BCUT2D eigenvalue weighted by Crippen LogP contribution is 2.44. The largest absolute Gasteiger partial charge is 0.508 e. The van der Waals surface area contributed by atoms with E-state index in [2.05, 4.69) is 26.0 Å². The first-order chi connectivity index (χ1) is 33.4. The fraction of sp³-hybridized carbons (Fsp3) is 0.189. The Morgan fingerprint density at radius 2 is 1.38 bits per heavy atom. The average molecular weight is 931 g/mol. The minimum Gasteiger partial charge on any atom is -0.508 e. The van der Waals surface area contributed by atoms with E-state index in [0.29, 0.717) is 91.0 Å². The van der Waals surface area contributed by atoms with E-state index < -0.39 is 17.9 Å². The van der Waals surface area contributed by atoms with Gasteiger partial charge in [-0.1, -0.05) is 55.4 Å². The first-order valence-corrected chi connectivity index (χ1v) is 21.8. The molecule has 0 aliphatic heterocycles. The molecule has 2 aromatic heterocycles. The molecule has 2 amide bonds. The summed E-state index contributed by atoms with van der Waals surface area (Å²) in [5.41, 5.74) is 5.22. The third-order valence-corrected chi connectivity index (χ3v) is 11.5. The normalized spacial score (nSPS) is 11.5. The van der Waals surface area contributed by atoms with E-state index in [-0.39, 0.29) is 23.8 Å². The number of hydrogen-bond donors (Lipinski definition) is 4. The van der Waals surface area contributed by atoms with Gasteiger partial charge in [0, 0.05) is 34.9 Å². The molecule has 0 aliphatic carbocycles. The molecule has 69 heavy (non-hydrogen) atoms. The summed E-state index contributed by atoms with van der Waals surface area (Å²) in [6, 6.07) is 34.1. The molecule has 352 valence electrons. The SMILES string of the molecule is COc1ccc(-c2cnoc2-c2cc(OC)c(OC)c(OC)c2)cc1NC(=O)C(Cc1ccccc1)NC(=O)c1ccc(Oc2ccc(-n3c(C)nnc3-c3cc(C(C)C)c(O)cc3O)cc2)cc1. The number of aromatic nitrogens is 4. The summed E-state index contributed by atoms with van der Waals surface area (Å²) in [5, 5.41) is 39.8. The van der Waals surface area contributed by atoms with Crippen LogP contribution in [-0.4, -0.2) is 76.4 Å². The van der Waals surface area contributed by atoms with Crippen LogP contribution in [-0.2, 0) is 11.2 Å². The van der Waals surface area contributed by atoms with Gasteiger partial charge in [0.25, 0.3) is 5.91 Å². The van der Waals surface area contributed by atoms with Crippen molar-refractivity contribution in [1.29, 1.82) is 0 Å². The minimum absolute atomic E-state index is 0.00930. The second-order valence-electron chi connectivity index (χ2n) is 16.2. The fourth-order valence-corrected chi connectivity index (χ4v) is 7.91. The molecular formula is C53H50N6O10. The number of benzene rings is 6. The molecular weight excluding hydrogens is 881 g/mol. The number of carbonyl (C=O) groups excluding carboxylic acids is 2. The lowest BCUT2D eigenvalue weighted by Crippen LogP contribution is -2.45. The molecule has 16 heteroatoms. The molecule has 1 unspecified atom stereocenters. The van der Waals surface area contributed by atoms with Crippen molar-refractivity contribution in [1.82, 2.24) is 25.2 Å². The summed E-state index contributed by atoms with van der Waals surface area (Å²) in [6.45, 7) is 5.72. The highest BCUT2D eigenvalue weighted by molar-refractivity contribution is 6.02. The smallest absolute Gasteiger partial charge is 0.251 e. The second-order valence-corrected chi connectivity index (χ2v) is 16.2. The van der Waals surface area contributed by atoms with Gasteiger partial charge >= 0.3 is 0 Å². The summed E-state index contributed by atoms with van der Waals surface area (Å²) in [6.07, 6.45) is 1.77. The summed E-state index contributed by atoms with van der Waals surface area (Å²) < 4.78 is 36.0. The molecule has 0 fully saturated rings. The van der Waals surface area contributed by atoms with Gasteiger partial charge in [0.05, 0.1) is 45.9 Å². The van der Waals surface area contributed by atoms with Crippen LogP contribution in [0.2, 0.25) is 0 Å². The van der Waals surface area contributed by atoms with Crippen LogP contribution < -0.4 is 34.3 Å². The lowest BCUT2D eigenvalue weighted by atomic mass is 9.98. The standard InChI is InChI=1S/C53H50N6O10/c1-30(2)39-27-40(45(61)28-44(39)60)51-58-57-31(3)59(51)36-16-20-38(21-17-36)68-37-18-13-33(14-19-37)52(62)56-43(23-32-11-9-8-10-12-32)53(63)55-42-24-34(15-22-46(42)64-4)41-29-54-69-49(41)35-25-47(65-5)50(67-7)48(26-35)66-6/h8-22,24-30,43,60-61H,23H2,1-7H3,(H,55,63)(H,56,62). The van der Waals surface area contributed by atoms with Gasteiger partial charge in [0.2, 0.25) is 11.7 Å². The van der Waals surface area contributed by atoms with E-state index in [9.17, 15) is 19.8 Å². The van der Waals surface area contributed by atoms with Gasteiger partial charge < -0.3 is 49.1 Å². The lowest BCUT2D eigenvalue weighted by molar-refractivity contribution is -0.118. The zero-order valence-electron chi connectivity index (χ0n) is 38.9. The van der Waals surface area contributed by atoms with Gasteiger partial charge in [-0.25, -0.2) is 0 Å². The van der Waals surface area contributed by atoms with Gasteiger partial charge in [-0.15, -0.1) is 10.2 Å². The van der Waals surface area contributed by atoms with Gasteiger partial charge in [0.1, 0.15) is 40.6 Å². The molecule has 0 radical (unpaired) electrons. The summed E-state index contributed by atoms with van der Waals surface area (Å²) in [5.74, 6) is 3.06. The number of aryl methyl sites for hydroxylation is 1. The van der Waals surface area contributed by atoms with Crippen LogP contribution >= 0.6 is 0 Å². The van der Waals surface area contributed by atoms with Crippen LogP contribution in [0.3, 0.4) is 0 Å². The Labute approximate surface area is 398 Å². The van der Waals surface area contributed by atoms with Crippen molar-refractivity contribution in [2.24, 2.45) is 0 Å². The number of hydrogen-bond acceptors (Lipinski definition) is 13. The number of phenols is 2.